The summed E-state index contributed by atoms with van der Waals surface area (Å²) >= 11 is 0. The van der Waals surface area contributed by atoms with Gasteiger partial charge in [0.05, 0.1) is 0 Å². The Morgan fingerprint density at radius 3 is 1.32 bits per heavy atom. The van der Waals surface area contributed by atoms with Gasteiger partial charge in [-0.2, -0.15) is 0 Å². The maximum absolute atomic E-state index is 2.85. The zero-order valence-corrected chi connectivity index (χ0v) is 24.1. The van der Waals surface area contributed by atoms with Crippen molar-refractivity contribution in [2.24, 2.45) is 0 Å². The Morgan fingerprint density at radius 1 is 0.475 bits per heavy atom. The molecule has 0 bridgehead atoms. The van der Waals surface area contributed by atoms with Crippen LogP contribution in [0.2, 0.25) is 0 Å². The molecule has 0 saturated carbocycles. The van der Waals surface area contributed by atoms with E-state index in [2.05, 4.69) is 152 Å². The van der Waals surface area contributed by atoms with E-state index in [1.807, 2.05) is 0 Å². The van der Waals surface area contributed by atoms with Gasteiger partial charge in [-0.1, -0.05) is 133 Å². The van der Waals surface area contributed by atoms with Crippen LogP contribution in [0.15, 0.2) is 133 Å². The van der Waals surface area contributed by atoms with Crippen molar-refractivity contribution in [1.82, 2.24) is 4.67 Å². The molecule has 7 rings (SSSR count). The molecule has 0 amide bonds. The molecule has 0 aliphatic carbocycles. The van der Waals surface area contributed by atoms with Crippen LogP contribution < -0.4 is 0 Å². The zero-order chi connectivity index (χ0) is 27.1. The number of hydrogen-bond donors (Lipinski definition) is 0. The van der Waals surface area contributed by atoms with Crippen LogP contribution in [0.25, 0.3) is 32.7 Å². The summed E-state index contributed by atoms with van der Waals surface area (Å²) in [6, 6.07) is 50.2. The number of benzene rings is 6. The van der Waals surface area contributed by atoms with Gasteiger partial charge >= 0.3 is 0 Å². The SMILES string of the molecule is C[C@H](c1ccccc1)N([C@H](C)c1ccccc1)P1Cc2ccc3ccccc3c2-c2c(ccc3ccccc23)C1. The van der Waals surface area contributed by atoms with E-state index in [0.29, 0.717) is 12.1 Å². The molecule has 6 aromatic carbocycles. The van der Waals surface area contributed by atoms with Gasteiger partial charge in [0.1, 0.15) is 0 Å². The van der Waals surface area contributed by atoms with Crippen molar-refractivity contribution in [2.45, 2.75) is 38.3 Å². The molecule has 40 heavy (non-hydrogen) atoms. The highest BCUT2D eigenvalue weighted by Crippen LogP contribution is 2.59. The minimum absolute atomic E-state index is 0.299. The predicted octanol–water partition coefficient (Wildman–Crippen LogP) is 10.9. The fraction of sp³-hybridized carbons (Fsp3) is 0.158. The van der Waals surface area contributed by atoms with E-state index in [1.54, 1.807) is 0 Å². The molecule has 2 atom stereocenters. The number of hydrogen-bond acceptors (Lipinski definition) is 1. The van der Waals surface area contributed by atoms with Gasteiger partial charge in [0.15, 0.2) is 0 Å². The van der Waals surface area contributed by atoms with Crippen LogP contribution in [-0.2, 0) is 12.3 Å². The van der Waals surface area contributed by atoms with Gasteiger partial charge in [-0.25, -0.2) is 0 Å². The number of fused-ring (bicyclic) bond motifs is 7. The molecular formula is C38H34NP. The molecule has 2 heteroatoms. The Balaban J connectivity index is 1.45. The van der Waals surface area contributed by atoms with E-state index < -0.39 is 8.07 Å². The Bertz CT molecular complexity index is 1660. The average molecular weight is 536 g/mol. The molecule has 196 valence electrons. The van der Waals surface area contributed by atoms with E-state index >= 15 is 0 Å². The molecule has 1 heterocycles. The molecule has 6 aromatic rings. The highest BCUT2D eigenvalue weighted by molar-refractivity contribution is 7.53. The Labute approximate surface area is 238 Å². The second-order valence-corrected chi connectivity index (χ2v) is 13.1. The average Bonchev–Trinajstić information content (AvgIpc) is 3.19. The van der Waals surface area contributed by atoms with E-state index in [-0.39, 0.29) is 0 Å². The molecule has 0 spiro atoms. The summed E-state index contributed by atoms with van der Waals surface area (Å²) in [6.07, 6.45) is 2.15. The topological polar surface area (TPSA) is 3.24 Å². The first-order chi connectivity index (χ1) is 19.7. The molecule has 0 N–H and O–H groups in total. The van der Waals surface area contributed by atoms with Gasteiger partial charge in [-0.15, -0.1) is 0 Å². The lowest BCUT2D eigenvalue weighted by Gasteiger charge is -2.41. The lowest BCUT2D eigenvalue weighted by molar-refractivity contribution is 0.297. The molecule has 0 aromatic heterocycles. The van der Waals surface area contributed by atoms with E-state index in [1.165, 1.54) is 54.9 Å². The summed E-state index contributed by atoms with van der Waals surface area (Å²) in [6.45, 7) is 4.81. The molecule has 0 unspecified atom stereocenters. The second-order valence-electron chi connectivity index (χ2n) is 11.0. The standard InChI is InChI=1S/C38H34NP/c1-27(29-13-5-3-6-14-29)39(28(2)30-15-7-4-8-16-30)40-25-33-23-21-31-17-9-11-19-35(31)37(33)38-34(26-40)24-22-32-18-10-12-20-36(32)38/h3-24,27-28H,25-26H2,1-2H3/t27-,28-/m1/s1. The third-order valence-electron chi connectivity index (χ3n) is 8.67. The molecule has 0 radical (unpaired) electrons. The van der Waals surface area contributed by atoms with Gasteiger partial charge in [-0.3, -0.25) is 4.67 Å². The van der Waals surface area contributed by atoms with Crippen LogP contribution in [0.4, 0.5) is 0 Å². The van der Waals surface area contributed by atoms with E-state index in [9.17, 15) is 0 Å². The minimum Gasteiger partial charge on any atom is -0.267 e. The van der Waals surface area contributed by atoms with Gasteiger partial charge < -0.3 is 0 Å². The largest absolute Gasteiger partial charge is 0.267 e. The smallest absolute Gasteiger partial charge is 0.0363 e. The van der Waals surface area contributed by atoms with Crippen molar-refractivity contribution in [1.29, 1.82) is 0 Å². The molecule has 1 aliphatic rings. The van der Waals surface area contributed by atoms with Gasteiger partial charge in [-0.05, 0) is 76.8 Å². The highest BCUT2D eigenvalue weighted by Gasteiger charge is 2.33. The van der Waals surface area contributed by atoms with Crippen LogP contribution in [0, 0.1) is 0 Å². The fourth-order valence-electron chi connectivity index (χ4n) is 6.69. The van der Waals surface area contributed by atoms with Crippen molar-refractivity contribution in [2.75, 3.05) is 0 Å². The summed E-state index contributed by atoms with van der Waals surface area (Å²) in [7, 11) is -0.538. The van der Waals surface area contributed by atoms with Crippen molar-refractivity contribution in [3.05, 3.63) is 156 Å². The monoisotopic (exact) mass is 535 g/mol. The molecular weight excluding hydrogens is 501 g/mol. The third kappa shape index (κ3) is 4.44. The predicted molar refractivity (Wildman–Crippen MR) is 173 cm³/mol. The number of rotatable bonds is 5. The number of nitrogens with zero attached hydrogens (tertiary/aromatic N) is 1. The zero-order valence-electron chi connectivity index (χ0n) is 23.2. The first kappa shape index (κ1) is 25.2. The lowest BCUT2D eigenvalue weighted by atomic mass is 9.88. The van der Waals surface area contributed by atoms with Crippen molar-refractivity contribution in [3.63, 3.8) is 0 Å². The van der Waals surface area contributed by atoms with Gasteiger partial charge in [0.2, 0.25) is 0 Å². The summed E-state index contributed by atoms with van der Waals surface area (Å²) in [5.41, 5.74) is 8.60. The Hall–Kier alpha value is -3.77. The van der Waals surface area contributed by atoms with Gasteiger partial charge in [0, 0.05) is 24.4 Å². The van der Waals surface area contributed by atoms with Crippen LogP contribution in [0.5, 0.6) is 0 Å². The third-order valence-corrected chi connectivity index (χ3v) is 11.4. The summed E-state index contributed by atoms with van der Waals surface area (Å²) in [4.78, 5) is 0. The highest BCUT2D eigenvalue weighted by atomic mass is 31.1. The normalized spacial score (nSPS) is 15.0. The first-order valence-corrected chi connectivity index (χ1v) is 16.0. The summed E-state index contributed by atoms with van der Waals surface area (Å²) in [5, 5.41) is 5.37. The van der Waals surface area contributed by atoms with Crippen LogP contribution in [-0.4, -0.2) is 4.67 Å². The summed E-state index contributed by atoms with van der Waals surface area (Å²) < 4.78 is 2.85. The quantitative estimate of drug-likeness (QED) is 0.198. The molecule has 1 aliphatic heterocycles. The second kappa shape index (κ2) is 10.7. The molecule has 0 fully saturated rings. The van der Waals surface area contributed by atoms with Crippen LogP contribution in [0.3, 0.4) is 0 Å². The van der Waals surface area contributed by atoms with Crippen molar-refractivity contribution in [3.8, 4) is 11.1 Å². The first-order valence-electron chi connectivity index (χ1n) is 14.3. The maximum Gasteiger partial charge on any atom is 0.0363 e. The Morgan fingerprint density at radius 2 is 0.875 bits per heavy atom. The van der Waals surface area contributed by atoms with Gasteiger partial charge in [0.25, 0.3) is 0 Å². The van der Waals surface area contributed by atoms with Crippen LogP contribution in [0.1, 0.15) is 48.2 Å². The fourth-order valence-corrected chi connectivity index (χ4v) is 9.69. The molecule has 0 saturated heterocycles. The van der Waals surface area contributed by atoms with E-state index in [0.717, 1.165) is 12.3 Å². The minimum atomic E-state index is -0.538. The van der Waals surface area contributed by atoms with E-state index in [4.69, 9.17) is 0 Å². The molecule has 1 nitrogen and oxygen atoms in total. The summed E-state index contributed by atoms with van der Waals surface area (Å²) in [5.74, 6) is 0. The van der Waals surface area contributed by atoms with Crippen molar-refractivity contribution >= 4 is 29.6 Å². The van der Waals surface area contributed by atoms with Crippen LogP contribution >= 0.6 is 8.07 Å². The van der Waals surface area contributed by atoms with Crippen molar-refractivity contribution < 1.29 is 0 Å². The Kier molecular flexibility index (Phi) is 6.72. The maximum atomic E-state index is 2.85. The lowest BCUT2D eigenvalue weighted by Crippen LogP contribution is -2.26.